The Morgan fingerprint density at radius 2 is 1.96 bits per heavy atom. The molecule has 24 heavy (non-hydrogen) atoms. The van der Waals surface area contributed by atoms with Gasteiger partial charge in [-0.05, 0) is 44.4 Å². The predicted molar refractivity (Wildman–Crippen MR) is 93.7 cm³/mol. The molecule has 0 radical (unpaired) electrons. The van der Waals surface area contributed by atoms with E-state index in [0.717, 1.165) is 44.6 Å². The first-order valence-corrected chi connectivity index (χ1v) is 9.81. The largest absolute Gasteiger partial charge is 0.393 e. The molecule has 1 N–H and O–H groups in total. The van der Waals surface area contributed by atoms with Crippen molar-refractivity contribution >= 4 is 5.91 Å². The average Bonchev–Trinajstić information content (AvgIpc) is 3.01. The van der Waals surface area contributed by atoms with Crippen LogP contribution in [0.3, 0.4) is 0 Å². The number of rotatable bonds is 4. The van der Waals surface area contributed by atoms with Crippen LogP contribution in [0.2, 0.25) is 0 Å². The van der Waals surface area contributed by atoms with Gasteiger partial charge in [-0.1, -0.05) is 13.3 Å². The third-order valence-electron chi connectivity index (χ3n) is 6.57. The standard InChI is InChI=1S/C19H34N2O3/c1-14-6-8-15(9-7-14)20(2)19(23)12-21-10-11-24-13-17(21)16-4-3-5-18(16)22/h14-18,22H,3-13H2,1-2H3/t14?,15?,16-,17-,18+/m1/s1. The highest BCUT2D eigenvalue weighted by Gasteiger charge is 2.38. The molecule has 1 heterocycles. The van der Waals surface area contributed by atoms with E-state index < -0.39 is 0 Å². The highest BCUT2D eigenvalue weighted by Crippen LogP contribution is 2.32. The van der Waals surface area contributed by atoms with E-state index in [4.69, 9.17) is 4.74 Å². The van der Waals surface area contributed by atoms with Crippen LogP contribution in [-0.4, -0.2) is 72.4 Å². The lowest BCUT2D eigenvalue weighted by Crippen LogP contribution is -2.55. The van der Waals surface area contributed by atoms with Crippen molar-refractivity contribution in [1.82, 2.24) is 9.80 Å². The molecule has 3 fully saturated rings. The van der Waals surface area contributed by atoms with E-state index >= 15 is 0 Å². The Morgan fingerprint density at radius 3 is 2.62 bits per heavy atom. The molecular weight excluding hydrogens is 304 g/mol. The smallest absolute Gasteiger partial charge is 0.236 e. The number of amides is 1. The van der Waals surface area contributed by atoms with Gasteiger partial charge in [-0.3, -0.25) is 9.69 Å². The summed E-state index contributed by atoms with van der Waals surface area (Å²) in [5.41, 5.74) is 0. The maximum Gasteiger partial charge on any atom is 0.236 e. The molecule has 0 unspecified atom stereocenters. The van der Waals surface area contributed by atoms with Crippen molar-refractivity contribution in [2.75, 3.05) is 33.4 Å². The second kappa shape index (κ2) is 8.15. The number of ether oxygens (including phenoxy) is 1. The Kier molecular flexibility index (Phi) is 6.17. The summed E-state index contributed by atoms with van der Waals surface area (Å²) in [6.45, 7) is 4.93. The van der Waals surface area contributed by atoms with Crippen molar-refractivity contribution in [3.63, 3.8) is 0 Å². The number of aliphatic hydroxyl groups is 1. The van der Waals surface area contributed by atoms with Crippen LogP contribution in [0.25, 0.3) is 0 Å². The molecule has 2 saturated carbocycles. The van der Waals surface area contributed by atoms with Crippen molar-refractivity contribution in [2.24, 2.45) is 11.8 Å². The van der Waals surface area contributed by atoms with Gasteiger partial charge in [0.2, 0.25) is 5.91 Å². The Hall–Kier alpha value is -0.650. The number of hydrogen-bond acceptors (Lipinski definition) is 4. The van der Waals surface area contributed by atoms with Crippen LogP contribution in [0.5, 0.6) is 0 Å². The van der Waals surface area contributed by atoms with E-state index in [0.29, 0.717) is 25.8 Å². The molecule has 1 saturated heterocycles. The van der Waals surface area contributed by atoms with E-state index in [1.54, 1.807) is 0 Å². The number of aliphatic hydroxyl groups excluding tert-OH is 1. The summed E-state index contributed by atoms with van der Waals surface area (Å²) in [4.78, 5) is 17.1. The summed E-state index contributed by atoms with van der Waals surface area (Å²) in [6.07, 6.45) is 7.54. The zero-order chi connectivity index (χ0) is 17.1. The molecule has 2 aliphatic carbocycles. The van der Waals surface area contributed by atoms with Crippen molar-refractivity contribution < 1.29 is 14.6 Å². The summed E-state index contributed by atoms with van der Waals surface area (Å²) in [6, 6.07) is 0.602. The van der Waals surface area contributed by atoms with Gasteiger partial charge in [0.05, 0.1) is 25.9 Å². The molecule has 138 valence electrons. The molecule has 0 spiro atoms. The lowest BCUT2D eigenvalue weighted by molar-refractivity contribution is -0.137. The third kappa shape index (κ3) is 4.12. The van der Waals surface area contributed by atoms with Crippen LogP contribution >= 0.6 is 0 Å². The van der Waals surface area contributed by atoms with Gasteiger partial charge in [-0.15, -0.1) is 0 Å². The lowest BCUT2D eigenvalue weighted by atomic mass is 9.86. The molecule has 3 atom stereocenters. The first-order valence-electron chi connectivity index (χ1n) is 9.81. The van der Waals surface area contributed by atoms with E-state index in [2.05, 4.69) is 11.8 Å². The molecular formula is C19H34N2O3. The molecule has 0 aromatic heterocycles. The average molecular weight is 338 g/mol. The third-order valence-corrected chi connectivity index (χ3v) is 6.57. The van der Waals surface area contributed by atoms with Gasteiger partial charge in [0, 0.05) is 31.6 Å². The Bertz CT molecular complexity index is 423. The minimum atomic E-state index is -0.230. The van der Waals surface area contributed by atoms with Gasteiger partial charge in [0.25, 0.3) is 0 Å². The maximum absolute atomic E-state index is 12.8. The van der Waals surface area contributed by atoms with Gasteiger partial charge in [0.1, 0.15) is 0 Å². The number of carbonyl (C=O) groups excluding carboxylic acids is 1. The van der Waals surface area contributed by atoms with Crippen LogP contribution in [-0.2, 0) is 9.53 Å². The van der Waals surface area contributed by atoms with E-state index in [1.807, 2.05) is 11.9 Å². The van der Waals surface area contributed by atoms with Gasteiger partial charge < -0.3 is 14.7 Å². The number of carbonyl (C=O) groups is 1. The molecule has 3 aliphatic rings. The fourth-order valence-corrected chi connectivity index (χ4v) is 4.78. The molecule has 0 bridgehead atoms. The minimum Gasteiger partial charge on any atom is -0.393 e. The highest BCUT2D eigenvalue weighted by molar-refractivity contribution is 5.78. The Morgan fingerprint density at radius 1 is 1.21 bits per heavy atom. The Labute approximate surface area is 146 Å². The Balaban J connectivity index is 1.57. The zero-order valence-corrected chi connectivity index (χ0v) is 15.3. The molecule has 5 nitrogen and oxygen atoms in total. The van der Waals surface area contributed by atoms with Gasteiger partial charge in [-0.2, -0.15) is 0 Å². The monoisotopic (exact) mass is 338 g/mol. The summed E-state index contributed by atoms with van der Waals surface area (Å²) >= 11 is 0. The van der Waals surface area contributed by atoms with Crippen LogP contribution in [0.15, 0.2) is 0 Å². The number of nitrogens with zero attached hydrogens (tertiary/aromatic N) is 2. The quantitative estimate of drug-likeness (QED) is 0.850. The molecule has 0 aromatic rings. The molecule has 5 heteroatoms. The van der Waals surface area contributed by atoms with E-state index in [-0.39, 0.29) is 24.0 Å². The van der Waals surface area contributed by atoms with Crippen LogP contribution in [0.4, 0.5) is 0 Å². The van der Waals surface area contributed by atoms with Crippen molar-refractivity contribution in [2.45, 2.75) is 70.1 Å². The second-order valence-corrected chi connectivity index (χ2v) is 8.19. The van der Waals surface area contributed by atoms with Crippen molar-refractivity contribution in [3.05, 3.63) is 0 Å². The van der Waals surface area contributed by atoms with Crippen LogP contribution in [0.1, 0.15) is 51.9 Å². The fraction of sp³-hybridized carbons (Fsp3) is 0.947. The SMILES string of the molecule is CC1CCC(N(C)C(=O)CN2CCOC[C@@H]2[C@H]2CCC[C@@H]2O)CC1. The van der Waals surface area contributed by atoms with Gasteiger partial charge in [0.15, 0.2) is 0 Å². The summed E-state index contributed by atoms with van der Waals surface area (Å²) in [5.74, 6) is 1.30. The molecule has 1 aliphatic heterocycles. The molecule has 1 amide bonds. The molecule has 3 rings (SSSR count). The topological polar surface area (TPSA) is 53.0 Å². The van der Waals surface area contributed by atoms with Gasteiger partial charge >= 0.3 is 0 Å². The number of likely N-dealkylation sites (N-methyl/N-ethyl adjacent to an activating group) is 1. The first kappa shape index (κ1) is 18.2. The fourth-order valence-electron chi connectivity index (χ4n) is 4.78. The first-order chi connectivity index (χ1) is 11.6. The van der Waals surface area contributed by atoms with Crippen LogP contribution in [0, 0.1) is 11.8 Å². The van der Waals surface area contributed by atoms with Crippen LogP contribution < -0.4 is 0 Å². The van der Waals surface area contributed by atoms with E-state index in [1.165, 1.54) is 12.8 Å². The number of morpholine rings is 1. The summed E-state index contributed by atoms with van der Waals surface area (Å²) in [5, 5.41) is 10.3. The maximum atomic E-state index is 12.8. The van der Waals surface area contributed by atoms with E-state index in [9.17, 15) is 9.90 Å². The normalized spacial score (nSPS) is 38.2. The minimum absolute atomic E-state index is 0.194. The highest BCUT2D eigenvalue weighted by atomic mass is 16.5. The number of hydrogen-bond donors (Lipinski definition) is 1. The second-order valence-electron chi connectivity index (χ2n) is 8.19. The van der Waals surface area contributed by atoms with Crippen molar-refractivity contribution in [1.29, 1.82) is 0 Å². The summed E-state index contributed by atoms with van der Waals surface area (Å²) < 4.78 is 5.67. The predicted octanol–water partition coefficient (Wildman–Crippen LogP) is 1.89. The molecule has 0 aromatic carbocycles. The van der Waals surface area contributed by atoms with Gasteiger partial charge in [-0.25, -0.2) is 0 Å². The summed E-state index contributed by atoms with van der Waals surface area (Å²) in [7, 11) is 1.98. The lowest BCUT2D eigenvalue weighted by Gasteiger charge is -2.41. The van der Waals surface area contributed by atoms with Crippen molar-refractivity contribution in [3.8, 4) is 0 Å². The zero-order valence-electron chi connectivity index (χ0n) is 15.3.